The average molecular weight is 413 g/mol. The molecule has 9 nitrogen and oxygen atoms in total. The molecule has 158 valence electrons. The predicted molar refractivity (Wildman–Crippen MR) is 107 cm³/mol. The standard InChI is InChI=1S/C21H23N3O6/c1-21(14-6-5-7-15(12-14)28-2)19(26)24(20(27)22-21)23-18(25)11-13-8-9-16(29-3)17(10-13)30-4/h5-10,12H,11H2,1-4H3,(H,22,27)(H,23,25). The number of ether oxygens (including phenoxy) is 3. The lowest BCUT2D eigenvalue weighted by Gasteiger charge is -2.22. The zero-order chi connectivity index (χ0) is 21.9. The average Bonchev–Trinajstić information content (AvgIpc) is 2.97. The first-order valence-corrected chi connectivity index (χ1v) is 9.14. The van der Waals surface area contributed by atoms with Gasteiger partial charge in [-0.2, -0.15) is 5.01 Å². The van der Waals surface area contributed by atoms with Crippen molar-refractivity contribution in [3.63, 3.8) is 0 Å². The van der Waals surface area contributed by atoms with Gasteiger partial charge in [-0.1, -0.05) is 18.2 Å². The number of amides is 4. The minimum atomic E-state index is -1.33. The molecular weight excluding hydrogens is 390 g/mol. The van der Waals surface area contributed by atoms with Crippen LogP contribution in [0.4, 0.5) is 4.79 Å². The van der Waals surface area contributed by atoms with Gasteiger partial charge in [0.15, 0.2) is 11.5 Å². The lowest BCUT2D eigenvalue weighted by Crippen LogP contribution is -2.48. The fraction of sp³-hybridized carbons (Fsp3) is 0.286. The molecule has 0 aromatic heterocycles. The Kier molecular flexibility index (Phi) is 5.81. The largest absolute Gasteiger partial charge is 0.497 e. The van der Waals surface area contributed by atoms with Crippen LogP contribution in [0.3, 0.4) is 0 Å². The van der Waals surface area contributed by atoms with Crippen LogP contribution in [0.15, 0.2) is 42.5 Å². The Morgan fingerprint density at radius 1 is 1.03 bits per heavy atom. The molecule has 1 aliphatic heterocycles. The number of carbonyl (C=O) groups excluding carboxylic acids is 3. The summed E-state index contributed by atoms with van der Waals surface area (Å²) < 4.78 is 15.6. The van der Waals surface area contributed by atoms with E-state index in [9.17, 15) is 14.4 Å². The predicted octanol–water partition coefficient (Wildman–Crippen LogP) is 1.75. The quantitative estimate of drug-likeness (QED) is 0.670. The van der Waals surface area contributed by atoms with Gasteiger partial charge in [-0.15, -0.1) is 0 Å². The molecule has 0 spiro atoms. The van der Waals surface area contributed by atoms with Crippen molar-refractivity contribution in [1.82, 2.24) is 15.8 Å². The summed E-state index contributed by atoms with van der Waals surface area (Å²) in [6.07, 6.45) is -0.0622. The maximum absolute atomic E-state index is 13.0. The molecule has 0 aliphatic carbocycles. The van der Waals surface area contributed by atoms with Crippen LogP contribution in [0.1, 0.15) is 18.1 Å². The van der Waals surface area contributed by atoms with Crippen molar-refractivity contribution in [3.05, 3.63) is 53.6 Å². The highest BCUT2D eigenvalue weighted by Crippen LogP contribution is 2.30. The van der Waals surface area contributed by atoms with E-state index in [0.29, 0.717) is 33.4 Å². The highest BCUT2D eigenvalue weighted by Gasteiger charge is 2.50. The van der Waals surface area contributed by atoms with Crippen LogP contribution in [0.2, 0.25) is 0 Å². The van der Waals surface area contributed by atoms with Gasteiger partial charge in [-0.05, 0) is 42.3 Å². The number of hydrogen-bond acceptors (Lipinski definition) is 6. The SMILES string of the molecule is COc1cccc(C2(C)NC(=O)N(NC(=O)Cc3ccc(OC)c(OC)c3)C2=O)c1. The van der Waals surface area contributed by atoms with E-state index in [1.807, 2.05) is 0 Å². The van der Waals surface area contributed by atoms with Crippen molar-refractivity contribution in [1.29, 1.82) is 0 Å². The maximum Gasteiger partial charge on any atom is 0.344 e. The zero-order valence-corrected chi connectivity index (χ0v) is 17.1. The number of nitrogens with one attached hydrogen (secondary N) is 2. The van der Waals surface area contributed by atoms with Gasteiger partial charge in [-0.3, -0.25) is 15.0 Å². The molecule has 1 unspecified atom stereocenters. The molecule has 1 atom stereocenters. The Hall–Kier alpha value is -3.75. The summed E-state index contributed by atoms with van der Waals surface area (Å²) in [5.41, 5.74) is 2.22. The van der Waals surface area contributed by atoms with Crippen molar-refractivity contribution >= 4 is 17.8 Å². The van der Waals surface area contributed by atoms with Gasteiger partial charge in [0.25, 0.3) is 5.91 Å². The zero-order valence-electron chi connectivity index (χ0n) is 17.1. The summed E-state index contributed by atoms with van der Waals surface area (Å²) in [6.45, 7) is 1.57. The van der Waals surface area contributed by atoms with Gasteiger partial charge in [0, 0.05) is 0 Å². The molecule has 0 radical (unpaired) electrons. The van der Waals surface area contributed by atoms with E-state index in [2.05, 4.69) is 10.7 Å². The van der Waals surface area contributed by atoms with E-state index in [0.717, 1.165) is 0 Å². The summed E-state index contributed by atoms with van der Waals surface area (Å²) in [5, 5.41) is 3.33. The Morgan fingerprint density at radius 3 is 2.43 bits per heavy atom. The lowest BCUT2D eigenvalue weighted by molar-refractivity contribution is -0.138. The second-order valence-corrected chi connectivity index (χ2v) is 6.83. The molecule has 1 heterocycles. The van der Waals surface area contributed by atoms with Gasteiger partial charge in [0.2, 0.25) is 5.91 Å². The Labute approximate surface area is 173 Å². The Morgan fingerprint density at radius 2 is 1.77 bits per heavy atom. The second-order valence-electron chi connectivity index (χ2n) is 6.83. The summed E-state index contributed by atoms with van der Waals surface area (Å²) >= 11 is 0. The normalized spacial score (nSPS) is 18.1. The van der Waals surface area contributed by atoms with Crippen molar-refractivity contribution in [3.8, 4) is 17.2 Å². The number of carbonyl (C=O) groups is 3. The van der Waals surface area contributed by atoms with Gasteiger partial charge in [0.05, 0.1) is 27.8 Å². The van der Waals surface area contributed by atoms with Crippen molar-refractivity contribution < 1.29 is 28.6 Å². The van der Waals surface area contributed by atoms with E-state index in [4.69, 9.17) is 14.2 Å². The highest BCUT2D eigenvalue weighted by molar-refractivity contribution is 6.08. The Bertz CT molecular complexity index is 992. The molecule has 30 heavy (non-hydrogen) atoms. The number of imide groups is 1. The fourth-order valence-electron chi connectivity index (χ4n) is 3.21. The van der Waals surface area contributed by atoms with E-state index in [-0.39, 0.29) is 6.42 Å². The van der Waals surface area contributed by atoms with Crippen LogP contribution in [0, 0.1) is 0 Å². The van der Waals surface area contributed by atoms with E-state index in [1.165, 1.54) is 21.3 Å². The molecule has 0 bridgehead atoms. The smallest absolute Gasteiger partial charge is 0.344 e. The summed E-state index contributed by atoms with van der Waals surface area (Å²) in [4.78, 5) is 37.9. The van der Waals surface area contributed by atoms with Crippen LogP contribution in [-0.4, -0.2) is 44.2 Å². The first-order chi connectivity index (χ1) is 14.3. The molecule has 1 saturated heterocycles. The topological polar surface area (TPSA) is 106 Å². The molecule has 4 amide bonds. The minimum Gasteiger partial charge on any atom is -0.497 e. The Balaban J connectivity index is 1.74. The van der Waals surface area contributed by atoms with Crippen LogP contribution < -0.4 is 25.0 Å². The summed E-state index contributed by atoms with van der Waals surface area (Å²) in [7, 11) is 4.52. The fourth-order valence-corrected chi connectivity index (χ4v) is 3.21. The van der Waals surface area contributed by atoms with E-state index in [1.54, 1.807) is 49.4 Å². The first kappa shape index (κ1) is 21.0. The molecule has 0 saturated carbocycles. The van der Waals surface area contributed by atoms with Gasteiger partial charge < -0.3 is 19.5 Å². The third kappa shape index (κ3) is 3.86. The van der Waals surface area contributed by atoms with E-state index >= 15 is 0 Å². The second kappa shape index (κ2) is 8.32. The molecule has 3 rings (SSSR count). The summed E-state index contributed by atoms with van der Waals surface area (Å²) in [5.74, 6) is 0.432. The molecule has 2 aromatic carbocycles. The van der Waals surface area contributed by atoms with Crippen molar-refractivity contribution in [2.45, 2.75) is 18.9 Å². The third-order valence-electron chi connectivity index (χ3n) is 4.89. The number of rotatable bonds is 7. The first-order valence-electron chi connectivity index (χ1n) is 9.14. The molecule has 1 aliphatic rings. The number of benzene rings is 2. The molecule has 1 fully saturated rings. The summed E-state index contributed by atoms with van der Waals surface area (Å²) in [6, 6.07) is 11.1. The lowest BCUT2D eigenvalue weighted by atomic mass is 9.92. The number of nitrogens with zero attached hydrogens (tertiary/aromatic N) is 1. The third-order valence-corrected chi connectivity index (χ3v) is 4.89. The molecular formula is C21H23N3O6. The number of hydrazine groups is 1. The van der Waals surface area contributed by atoms with Crippen LogP contribution in [0.5, 0.6) is 17.2 Å². The maximum atomic E-state index is 13.0. The molecule has 9 heteroatoms. The molecule has 2 N–H and O–H groups in total. The van der Waals surface area contributed by atoms with Crippen LogP contribution in [-0.2, 0) is 21.5 Å². The van der Waals surface area contributed by atoms with Crippen molar-refractivity contribution in [2.75, 3.05) is 21.3 Å². The van der Waals surface area contributed by atoms with Crippen LogP contribution >= 0.6 is 0 Å². The van der Waals surface area contributed by atoms with E-state index < -0.39 is 23.4 Å². The number of hydrogen-bond donors (Lipinski definition) is 2. The monoisotopic (exact) mass is 413 g/mol. The number of urea groups is 1. The van der Waals surface area contributed by atoms with Crippen molar-refractivity contribution in [2.24, 2.45) is 0 Å². The minimum absolute atomic E-state index is 0.0622. The highest BCUT2D eigenvalue weighted by atomic mass is 16.5. The van der Waals surface area contributed by atoms with Gasteiger partial charge in [-0.25, -0.2) is 4.79 Å². The number of methoxy groups -OCH3 is 3. The molecule has 2 aromatic rings. The van der Waals surface area contributed by atoms with Gasteiger partial charge in [0.1, 0.15) is 11.3 Å². The van der Waals surface area contributed by atoms with Gasteiger partial charge >= 0.3 is 6.03 Å². The van der Waals surface area contributed by atoms with Crippen LogP contribution in [0.25, 0.3) is 0 Å².